The van der Waals surface area contributed by atoms with Crippen LogP contribution in [0, 0.1) is 0 Å². The number of benzene rings is 3. The molecule has 0 amide bonds. The van der Waals surface area contributed by atoms with E-state index in [-0.39, 0.29) is 32.5 Å². The zero-order valence-electron chi connectivity index (χ0n) is 24.1. The summed E-state index contributed by atoms with van der Waals surface area (Å²) >= 11 is 0. The summed E-state index contributed by atoms with van der Waals surface area (Å²) in [6.07, 6.45) is -4.34. The van der Waals surface area contributed by atoms with Crippen LogP contribution in [0.25, 0.3) is 0 Å². The van der Waals surface area contributed by atoms with E-state index in [0.29, 0.717) is 16.7 Å². The molecule has 0 saturated carbocycles. The second kappa shape index (κ2) is 14.7. The number of aliphatic hydroxyl groups excluding tert-OH is 3. The van der Waals surface area contributed by atoms with Gasteiger partial charge in [-0.3, -0.25) is 0 Å². The van der Waals surface area contributed by atoms with E-state index in [2.05, 4.69) is 6.58 Å². The maximum Gasteiger partial charge on any atom is 0.186 e. The quantitative estimate of drug-likeness (QED) is 0.107. The highest BCUT2D eigenvalue weighted by Gasteiger charge is 2.62. The van der Waals surface area contributed by atoms with Crippen molar-refractivity contribution in [3.63, 3.8) is 0 Å². The van der Waals surface area contributed by atoms with Crippen LogP contribution in [0.5, 0.6) is 0 Å². The van der Waals surface area contributed by atoms with Crippen LogP contribution in [0.1, 0.15) is 16.7 Å². The molecular formula is C34H42O9. The second-order valence-electron chi connectivity index (χ2n) is 11.2. The summed E-state index contributed by atoms with van der Waals surface area (Å²) in [5.74, 6) is 0. The largest absolute Gasteiger partial charge is 0.394 e. The van der Waals surface area contributed by atoms with E-state index >= 15 is 0 Å². The van der Waals surface area contributed by atoms with E-state index in [4.69, 9.17) is 14.2 Å². The van der Waals surface area contributed by atoms with Crippen molar-refractivity contribution in [1.82, 2.24) is 0 Å². The lowest BCUT2D eigenvalue weighted by molar-refractivity contribution is -0.287. The lowest BCUT2D eigenvalue weighted by atomic mass is 9.64. The van der Waals surface area contributed by atoms with Crippen LogP contribution in [0.4, 0.5) is 0 Å². The SMILES string of the molecule is C=CCOC[C@](O)(Cc1ccccc1)[C@](O)(Cc1ccccc1)[C@@](O)(COC1O[C@H](CO)[C@@H](O)[C@H]1O)Cc1ccccc1. The standard InChI is InChI=1S/C34H42O9/c1-2-18-41-23-32(38,19-25-12-6-3-7-13-25)34(40,21-27-16-10-5-11-17-27)33(39,20-26-14-8-4-9-15-26)24-42-31-30(37)29(36)28(22-35)43-31/h2-17,28-31,35-40H,1,18-24H2/t28-,29-,30-,31?,32-,33+,34-/m1/s1. The van der Waals surface area contributed by atoms with Crippen molar-refractivity contribution in [3.8, 4) is 0 Å². The summed E-state index contributed by atoms with van der Waals surface area (Å²) in [7, 11) is 0. The molecule has 1 aliphatic heterocycles. The van der Waals surface area contributed by atoms with Crippen LogP contribution in [-0.2, 0) is 33.5 Å². The van der Waals surface area contributed by atoms with Gasteiger partial charge in [0.25, 0.3) is 0 Å². The normalized spacial score (nSPS) is 24.5. The number of hydrogen-bond acceptors (Lipinski definition) is 9. The Morgan fingerprint density at radius 3 is 1.60 bits per heavy atom. The van der Waals surface area contributed by atoms with Crippen LogP contribution in [-0.4, -0.2) is 98.5 Å². The van der Waals surface area contributed by atoms with E-state index in [0.717, 1.165) is 0 Å². The lowest BCUT2D eigenvalue weighted by Gasteiger charge is -2.53. The summed E-state index contributed by atoms with van der Waals surface area (Å²) in [6.45, 7) is 2.25. The van der Waals surface area contributed by atoms with Crippen LogP contribution in [0.15, 0.2) is 104 Å². The first kappa shape index (κ1) is 32.9. The zero-order chi connectivity index (χ0) is 30.9. The minimum Gasteiger partial charge on any atom is -0.394 e. The van der Waals surface area contributed by atoms with Gasteiger partial charge >= 0.3 is 0 Å². The fourth-order valence-corrected chi connectivity index (χ4v) is 5.69. The first-order valence-electron chi connectivity index (χ1n) is 14.4. The number of hydrogen-bond donors (Lipinski definition) is 6. The molecule has 1 fully saturated rings. The molecule has 232 valence electrons. The van der Waals surface area contributed by atoms with E-state index < -0.39 is 54.6 Å². The Labute approximate surface area is 252 Å². The van der Waals surface area contributed by atoms with Gasteiger partial charge in [0.05, 0.1) is 26.4 Å². The van der Waals surface area contributed by atoms with Gasteiger partial charge in [0.1, 0.15) is 35.1 Å². The van der Waals surface area contributed by atoms with Gasteiger partial charge in [-0.05, 0) is 16.7 Å². The molecular weight excluding hydrogens is 552 g/mol. The van der Waals surface area contributed by atoms with Crippen LogP contribution in [0.3, 0.4) is 0 Å². The highest BCUT2D eigenvalue weighted by Crippen LogP contribution is 2.42. The van der Waals surface area contributed by atoms with Crippen molar-refractivity contribution < 1.29 is 44.8 Å². The molecule has 0 spiro atoms. The third-order valence-electron chi connectivity index (χ3n) is 8.08. The summed E-state index contributed by atoms with van der Waals surface area (Å²) in [6, 6.07) is 27.1. The zero-order valence-corrected chi connectivity index (χ0v) is 24.1. The molecule has 7 atom stereocenters. The van der Waals surface area contributed by atoms with Gasteiger partial charge in [0.2, 0.25) is 0 Å². The van der Waals surface area contributed by atoms with Crippen molar-refractivity contribution >= 4 is 0 Å². The smallest absolute Gasteiger partial charge is 0.186 e. The summed E-state index contributed by atoms with van der Waals surface area (Å²) in [4.78, 5) is 0. The topological polar surface area (TPSA) is 149 Å². The monoisotopic (exact) mass is 594 g/mol. The van der Waals surface area contributed by atoms with E-state index in [1.165, 1.54) is 6.08 Å². The van der Waals surface area contributed by atoms with Crippen molar-refractivity contribution in [2.75, 3.05) is 26.4 Å². The lowest BCUT2D eigenvalue weighted by Crippen LogP contribution is -2.73. The molecule has 6 N–H and O–H groups in total. The molecule has 0 aliphatic carbocycles. The van der Waals surface area contributed by atoms with Gasteiger partial charge in [0.15, 0.2) is 6.29 Å². The van der Waals surface area contributed by atoms with Gasteiger partial charge in [0, 0.05) is 19.3 Å². The first-order chi connectivity index (χ1) is 20.6. The molecule has 9 nitrogen and oxygen atoms in total. The average molecular weight is 595 g/mol. The predicted octanol–water partition coefficient (Wildman–Crippen LogP) is 1.57. The minimum atomic E-state index is -2.33. The Hall–Kier alpha value is -2.96. The van der Waals surface area contributed by atoms with Gasteiger partial charge in [-0.15, -0.1) is 6.58 Å². The minimum absolute atomic E-state index is 0.0841. The van der Waals surface area contributed by atoms with Gasteiger partial charge in [-0.25, -0.2) is 0 Å². The Bertz CT molecular complexity index is 1260. The van der Waals surface area contributed by atoms with Gasteiger partial charge < -0.3 is 44.8 Å². The molecule has 1 unspecified atom stereocenters. The Morgan fingerprint density at radius 2 is 1.16 bits per heavy atom. The highest BCUT2D eigenvalue weighted by atomic mass is 16.7. The summed E-state index contributed by atoms with van der Waals surface area (Å²) in [5, 5.41) is 68.6. The van der Waals surface area contributed by atoms with Gasteiger partial charge in [-0.2, -0.15) is 0 Å². The maximum absolute atomic E-state index is 12.9. The third-order valence-corrected chi connectivity index (χ3v) is 8.08. The summed E-state index contributed by atoms with van der Waals surface area (Å²) < 4.78 is 17.2. The molecule has 1 saturated heterocycles. The van der Waals surface area contributed by atoms with Crippen molar-refractivity contribution in [2.45, 2.75) is 60.7 Å². The predicted molar refractivity (Wildman–Crippen MR) is 160 cm³/mol. The van der Waals surface area contributed by atoms with Crippen molar-refractivity contribution in [1.29, 1.82) is 0 Å². The van der Waals surface area contributed by atoms with Crippen LogP contribution in [0.2, 0.25) is 0 Å². The highest BCUT2D eigenvalue weighted by molar-refractivity contribution is 5.29. The fourth-order valence-electron chi connectivity index (χ4n) is 5.69. The number of ether oxygens (including phenoxy) is 3. The molecule has 0 bridgehead atoms. The van der Waals surface area contributed by atoms with Crippen LogP contribution < -0.4 is 0 Å². The molecule has 1 aliphatic rings. The third kappa shape index (κ3) is 7.58. The Kier molecular flexibility index (Phi) is 11.2. The first-order valence-corrected chi connectivity index (χ1v) is 14.4. The Balaban J connectivity index is 1.82. The Morgan fingerprint density at radius 1 is 0.698 bits per heavy atom. The summed E-state index contributed by atoms with van der Waals surface area (Å²) in [5.41, 5.74) is -4.63. The molecule has 43 heavy (non-hydrogen) atoms. The van der Waals surface area contributed by atoms with E-state index in [9.17, 15) is 30.6 Å². The number of aliphatic hydroxyl groups is 6. The fraction of sp³-hybridized carbons (Fsp3) is 0.412. The molecule has 3 aromatic carbocycles. The molecule has 4 rings (SSSR count). The van der Waals surface area contributed by atoms with Crippen LogP contribution >= 0.6 is 0 Å². The number of rotatable bonds is 16. The molecule has 1 heterocycles. The molecule has 9 heteroatoms. The molecule has 0 radical (unpaired) electrons. The average Bonchev–Trinajstić information content (AvgIpc) is 3.29. The van der Waals surface area contributed by atoms with E-state index in [1.54, 1.807) is 48.5 Å². The van der Waals surface area contributed by atoms with Gasteiger partial charge in [-0.1, -0.05) is 97.1 Å². The van der Waals surface area contributed by atoms with Crippen molar-refractivity contribution in [2.24, 2.45) is 0 Å². The molecule has 3 aromatic rings. The van der Waals surface area contributed by atoms with E-state index in [1.807, 2.05) is 42.5 Å². The van der Waals surface area contributed by atoms with Crippen molar-refractivity contribution in [3.05, 3.63) is 120 Å². The molecule has 0 aromatic heterocycles. The maximum atomic E-state index is 12.9. The second-order valence-corrected chi connectivity index (χ2v) is 11.2.